The van der Waals surface area contributed by atoms with Crippen molar-refractivity contribution in [2.45, 2.75) is 19.8 Å². The Kier molecular flexibility index (Phi) is 6.16. The van der Waals surface area contributed by atoms with Gasteiger partial charge in [-0.15, -0.1) is 0 Å². The number of nitrogens with zero attached hydrogens (tertiary/aromatic N) is 2. The van der Waals surface area contributed by atoms with Crippen LogP contribution in [0.25, 0.3) is 0 Å². The van der Waals surface area contributed by atoms with Gasteiger partial charge in [-0.2, -0.15) is 17.9 Å². The van der Waals surface area contributed by atoms with Crippen molar-refractivity contribution in [2.75, 3.05) is 12.4 Å². The Morgan fingerprint density at radius 3 is 2.84 bits per heavy atom. The Morgan fingerprint density at radius 2 is 2.26 bits per heavy atom. The number of nitro benzene ring substituents is 1. The van der Waals surface area contributed by atoms with Crippen LogP contribution in [0.4, 0.5) is 5.69 Å². The van der Waals surface area contributed by atoms with Crippen molar-refractivity contribution >= 4 is 18.3 Å². The Hall–Kier alpha value is -1.74. The first kappa shape index (κ1) is 15.3. The van der Waals surface area contributed by atoms with Crippen molar-refractivity contribution in [1.82, 2.24) is 0 Å². The van der Waals surface area contributed by atoms with E-state index in [0.29, 0.717) is 12.5 Å². The van der Waals surface area contributed by atoms with Crippen molar-refractivity contribution < 1.29 is 9.66 Å². The highest BCUT2D eigenvalue weighted by Crippen LogP contribution is 2.28. The second-order valence-corrected chi connectivity index (χ2v) is 4.75. The predicted molar refractivity (Wildman–Crippen MR) is 75.6 cm³/mol. The highest BCUT2D eigenvalue weighted by molar-refractivity contribution is 7.80. The first-order chi connectivity index (χ1) is 9.08. The summed E-state index contributed by atoms with van der Waals surface area (Å²) < 4.78 is 5.44. The van der Waals surface area contributed by atoms with E-state index in [2.05, 4.69) is 19.6 Å². The standard InChI is InChI=1S/C13H16N2O3S/c1-10(5-7-19)4-6-18-13-3-2-11(9-14)8-12(13)15(16)17/h2-3,8,10,19H,4-7H2,1H3. The van der Waals surface area contributed by atoms with E-state index in [9.17, 15) is 10.1 Å². The van der Waals surface area contributed by atoms with Gasteiger partial charge in [0.25, 0.3) is 0 Å². The fourth-order valence-corrected chi connectivity index (χ4v) is 2.03. The number of nitriles is 1. The highest BCUT2D eigenvalue weighted by Gasteiger charge is 2.16. The van der Waals surface area contributed by atoms with E-state index in [-0.39, 0.29) is 17.0 Å². The molecule has 0 aliphatic carbocycles. The largest absolute Gasteiger partial charge is 0.487 e. The molecular weight excluding hydrogens is 264 g/mol. The van der Waals surface area contributed by atoms with Crippen molar-refractivity contribution in [3.05, 3.63) is 33.9 Å². The molecule has 1 atom stereocenters. The molecule has 102 valence electrons. The van der Waals surface area contributed by atoms with Crippen LogP contribution in [0.5, 0.6) is 5.75 Å². The quantitative estimate of drug-likeness (QED) is 0.473. The van der Waals surface area contributed by atoms with E-state index in [4.69, 9.17) is 10.00 Å². The average Bonchev–Trinajstić information content (AvgIpc) is 2.39. The van der Waals surface area contributed by atoms with Crippen molar-refractivity contribution in [2.24, 2.45) is 5.92 Å². The van der Waals surface area contributed by atoms with Gasteiger partial charge in [0, 0.05) is 6.07 Å². The van der Waals surface area contributed by atoms with Gasteiger partial charge >= 0.3 is 5.69 Å². The van der Waals surface area contributed by atoms with Crippen LogP contribution in [0.3, 0.4) is 0 Å². The maximum atomic E-state index is 10.9. The zero-order valence-electron chi connectivity index (χ0n) is 10.7. The molecule has 0 fully saturated rings. The molecule has 1 aromatic carbocycles. The summed E-state index contributed by atoms with van der Waals surface area (Å²) in [6, 6.07) is 6.09. The van der Waals surface area contributed by atoms with Gasteiger partial charge in [-0.1, -0.05) is 6.92 Å². The third-order valence-corrected chi connectivity index (χ3v) is 3.03. The molecule has 0 bridgehead atoms. The maximum Gasteiger partial charge on any atom is 0.312 e. The summed E-state index contributed by atoms with van der Waals surface area (Å²) in [6.45, 7) is 2.51. The van der Waals surface area contributed by atoms with E-state index >= 15 is 0 Å². The lowest BCUT2D eigenvalue weighted by Gasteiger charge is -2.11. The van der Waals surface area contributed by atoms with Crippen LogP contribution in [-0.2, 0) is 0 Å². The van der Waals surface area contributed by atoms with Gasteiger partial charge in [0.2, 0.25) is 0 Å². The van der Waals surface area contributed by atoms with Crippen molar-refractivity contribution in [1.29, 1.82) is 5.26 Å². The minimum absolute atomic E-state index is 0.166. The SMILES string of the molecule is CC(CCS)CCOc1ccc(C#N)cc1[N+](=O)[O-]. The fraction of sp³-hybridized carbons (Fsp3) is 0.462. The second-order valence-electron chi connectivity index (χ2n) is 4.31. The molecule has 0 aromatic heterocycles. The molecule has 0 amide bonds. The normalized spacial score (nSPS) is 11.6. The van der Waals surface area contributed by atoms with Crippen LogP contribution in [-0.4, -0.2) is 17.3 Å². The summed E-state index contributed by atoms with van der Waals surface area (Å²) in [5.41, 5.74) is 0.0865. The smallest absolute Gasteiger partial charge is 0.312 e. The zero-order valence-corrected chi connectivity index (χ0v) is 11.6. The van der Waals surface area contributed by atoms with Gasteiger partial charge in [-0.3, -0.25) is 10.1 Å². The van der Waals surface area contributed by atoms with Gasteiger partial charge in [-0.05, 0) is 36.6 Å². The number of ether oxygens (including phenoxy) is 1. The Bertz CT molecular complexity index is 485. The van der Waals surface area contributed by atoms with Crippen LogP contribution in [0.2, 0.25) is 0 Å². The number of nitro groups is 1. The minimum Gasteiger partial charge on any atom is -0.487 e. The summed E-state index contributed by atoms with van der Waals surface area (Å²) in [6.07, 6.45) is 1.81. The molecule has 1 unspecified atom stereocenters. The van der Waals surface area contributed by atoms with Gasteiger partial charge in [0.1, 0.15) is 0 Å². The molecule has 0 heterocycles. The molecule has 19 heavy (non-hydrogen) atoms. The summed E-state index contributed by atoms with van der Waals surface area (Å²) in [4.78, 5) is 10.4. The van der Waals surface area contributed by atoms with Crippen molar-refractivity contribution in [3.63, 3.8) is 0 Å². The molecule has 5 nitrogen and oxygen atoms in total. The van der Waals surface area contributed by atoms with Crippen LogP contribution in [0.15, 0.2) is 18.2 Å². The van der Waals surface area contributed by atoms with Gasteiger partial charge in [0.15, 0.2) is 5.75 Å². The lowest BCUT2D eigenvalue weighted by Crippen LogP contribution is -2.06. The molecule has 6 heteroatoms. The third kappa shape index (κ3) is 4.79. The Labute approximate surface area is 117 Å². The van der Waals surface area contributed by atoms with Gasteiger partial charge in [-0.25, -0.2) is 0 Å². The van der Waals surface area contributed by atoms with E-state index in [0.717, 1.165) is 18.6 Å². The lowest BCUT2D eigenvalue weighted by atomic mass is 10.1. The number of thiol groups is 1. The fourth-order valence-electron chi connectivity index (χ4n) is 1.59. The molecule has 0 aliphatic heterocycles. The summed E-state index contributed by atoms with van der Waals surface area (Å²) in [7, 11) is 0. The summed E-state index contributed by atoms with van der Waals surface area (Å²) >= 11 is 4.16. The molecule has 0 saturated carbocycles. The number of hydrogen-bond acceptors (Lipinski definition) is 5. The highest BCUT2D eigenvalue weighted by atomic mass is 32.1. The van der Waals surface area contributed by atoms with E-state index in [1.807, 2.05) is 6.07 Å². The maximum absolute atomic E-state index is 10.9. The van der Waals surface area contributed by atoms with E-state index in [1.54, 1.807) is 0 Å². The predicted octanol–water partition coefficient (Wildman–Crippen LogP) is 3.19. The topological polar surface area (TPSA) is 76.2 Å². The Balaban J connectivity index is 2.68. The number of benzene rings is 1. The lowest BCUT2D eigenvalue weighted by molar-refractivity contribution is -0.385. The molecule has 0 saturated heterocycles. The summed E-state index contributed by atoms with van der Waals surface area (Å²) in [5, 5.41) is 19.6. The third-order valence-electron chi connectivity index (χ3n) is 2.77. The first-order valence-corrected chi connectivity index (χ1v) is 6.64. The molecule has 0 spiro atoms. The molecule has 1 rings (SSSR count). The average molecular weight is 280 g/mol. The van der Waals surface area contributed by atoms with E-state index < -0.39 is 4.92 Å². The monoisotopic (exact) mass is 280 g/mol. The molecule has 1 aromatic rings. The Morgan fingerprint density at radius 1 is 1.53 bits per heavy atom. The summed E-state index contributed by atoms with van der Waals surface area (Å²) in [5.74, 6) is 1.50. The van der Waals surface area contributed by atoms with Crippen LogP contribution in [0.1, 0.15) is 25.3 Å². The molecule has 0 N–H and O–H groups in total. The first-order valence-electron chi connectivity index (χ1n) is 6.00. The second kappa shape index (κ2) is 7.64. The number of hydrogen-bond donors (Lipinski definition) is 1. The molecular formula is C13H16N2O3S. The van der Waals surface area contributed by atoms with Gasteiger partial charge < -0.3 is 4.74 Å². The number of rotatable bonds is 7. The van der Waals surface area contributed by atoms with Crippen molar-refractivity contribution in [3.8, 4) is 11.8 Å². The van der Waals surface area contributed by atoms with Gasteiger partial charge in [0.05, 0.1) is 23.2 Å². The molecule has 0 radical (unpaired) electrons. The van der Waals surface area contributed by atoms with Crippen LogP contribution >= 0.6 is 12.6 Å². The molecule has 0 aliphatic rings. The zero-order chi connectivity index (χ0) is 14.3. The van der Waals surface area contributed by atoms with E-state index in [1.165, 1.54) is 18.2 Å². The minimum atomic E-state index is -0.534. The van der Waals surface area contributed by atoms with Crippen LogP contribution < -0.4 is 4.74 Å². The van der Waals surface area contributed by atoms with Crippen LogP contribution in [0, 0.1) is 27.4 Å².